The molecule has 3 rings (SSSR count). The van der Waals surface area contributed by atoms with Gasteiger partial charge in [0.1, 0.15) is 12.1 Å². The van der Waals surface area contributed by atoms with Crippen molar-refractivity contribution in [1.29, 1.82) is 5.26 Å². The lowest BCUT2D eigenvalue weighted by Gasteiger charge is -2.08. The Labute approximate surface area is 155 Å². The third-order valence-corrected chi connectivity index (χ3v) is 4.83. The highest BCUT2D eigenvalue weighted by atomic mass is 35.5. The Morgan fingerprint density at radius 1 is 1.24 bits per heavy atom. The van der Waals surface area contributed by atoms with Gasteiger partial charge in [-0.1, -0.05) is 29.4 Å². The Morgan fingerprint density at radius 2 is 2.04 bits per heavy atom. The van der Waals surface area contributed by atoms with E-state index in [9.17, 15) is 0 Å². The van der Waals surface area contributed by atoms with E-state index in [2.05, 4.69) is 16.3 Å². The number of hydrogen-bond acceptors (Lipinski definition) is 5. The highest BCUT2D eigenvalue weighted by Crippen LogP contribution is 2.24. The summed E-state index contributed by atoms with van der Waals surface area (Å²) in [5.41, 5.74) is 2.58. The zero-order valence-electron chi connectivity index (χ0n) is 13.5. The second-order valence-corrected chi connectivity index (χ2v) is 6.72. The van der Waals surface area contributed by atoms with Gasteiger partial charge in [-0.05, 0) is 48.9 Å². The Kier molecular flexibility index (Phi) is 5.59. The lowest BCUT2D eigenvalue weighted by atomic mass is 10.2. The molecule has 0 aliphatic rings. The summed E-state index contributed by atoms with van der Waals surface area (Å²) < 4.78 is 7.58. The summed E-state index contributed by atoms with van der Waals surface area (Å²) in [4.78, 5) is 0. The minimum Gasteiger partial charge on any atom is -0.493 e. The third-order valence-electron chi connectivity index (χ3n) is 3.52. The van der Waals surface area contributed by atoms with E-state index in [-0.39, 0.29) is 0 Å². The number of ether oxygens (including phenoxy) is 1. The lowest BCUT2D eigenvalue weighted by molar-refractivity contribution is 0.344. The molecule has 1 heterocycles. The maximum Gasteiger partial charge on any atom is 0.195 e. The molecule has 0 unspecified atom stereocenters. The van der Waals surface area contributed by atoms with Gasteiger partial charge in [0.25, 0.3) is 0 Å². The molecule has 0 bridgehead atoms. The van der Waals surface area contributed by atoms with Crippen LogP contribution in [0, 0.1) is 18.3 Å². The van der Waals surface area contributed by atoms with Gasteiger partial charge in [0.15, 0.2) is 5.16 Å². The summed E-state index contributed by atoms with van der Waals surface area (Å²) in [6.45, 7) is 2.49. The van der Waals surface area contributed by atoms with Crippen LogP contribution in [0.25, 0.3) is 5.69 Å². The molecule has 3 aromatic rings. The molecule has 0 saturated heterocycles. The summed E-state index contributed by atoms with van der Waals surface area (Å²) in [5.74, 6) is 1.46. The van der Waals surface area contributed by atoms with E-state index in [1.54, 1.807) is 42.4 Å². The average molecular weight is 371 g/mol. The van der Waals surface area contributed by atoms with Gasteiger partial charge in [-0.3, -0.25) is 4.57 Å². The number of halogens is 1. The van der Waals surface area contributed by atoms with Crippen LogP contribution in [0.4, 0.5) is 0 Å². The van der Waals surface area contributed by atoms with Crippen LogP contribution in [-0.2, 0) is 0 Å². The van der Waals surface area contributed by atoms with E-state index >= 15 is 0 Å². The van der Waals surface area contributed by atoms with Crippen LogP contribution in [0.1, 0.15) is 11.1 Å². The van der Waals surface area contributed by atoms with Gasteiger partial charge >= 0.3 is 0 Å². The largest absolute Gasteiger partial charge is 0.493 e. The van der Waals surface area contributed by atoms with E-state index in [1.807, 2.05) is 29.7 Å². The molecule has 5 nitrogen and oxygen atoms in total. The molecule has 7 heteroatoms. The average Bonchev–Trinajstić information content (AvgIpc) is 3.10. The van der Waals surface area contributed by atoms with E-state index < -0.39 is 0 Å². The van der Waals surface area contributed by atoms with Gasteiger partial charge in [0, 0.05) is 10.8 Å². The Hall–Kier alpha value is -2.49. The molecule has 25 heavy (non-hydrogen) atoms. The Bertz CT molecular complexity index is 902. The lowest BCUT2D eigenvalue weighted by Crippen LogP contribution is -2.02. The predicted molar refractivity (Wildman–Crippen MR) is 98.5 cm³/mol. The first kappa shape index (κ1) is 17.3. The highest BCUT2D eigenvalue weighted by Gasteiger charge is 2.08. The first-order valence-corrected chi connectivity index (χ1v) is 8.96. The van der Waals surface area contributed by atoms with E-state index in [0.29, 0.717) is 17.2 Å². The summed E-state index contributed by atoms with van der Waals surface area (Å²) in [6.07, 6.45) is 1.67. The van der Waals surface area contributed by atoms with E-state index in [0.717, 1.165) is 27.9 Å². The summed E-state index contributed by atoms with van der Waals surface area (Å²) >= 11 is 7.75. The number of aryl methyl sites for hydroxylation is 1. The van der Waals surface area contributed by atoms with Crippen LogP contribution < -0.4 is 4.74 Å². The number of aromatic nitrogens is 3. The molecule has 0 fully saturated rings. The summed E-state index contributed by atoms with van der Waals surface area (Å²) in [6, 6.07) is 15.0. The summed E-state index contributed by atoms with van der Waals surface area (Å²) in [7, 11) is 0. The predicted octanol–water partition coefficient (Wildman–Crippen LogP) is 4.27. The number of hydrogen-bond donors (Lipinski definition) is 0. The van der Waals surface area contributed by atoms with Crippen molar-refractivity contribution < 1.29 is 4.74 Å². The molecule has 0 aliphatic carbocycles. The van der Waals surface area contributed by atoms with E-state index in [4.69, 9.17) is 21.6 Å². The number of thioether (sulfide) groups is 1. The fourth-order valence-electron chi connectivity index (χ4n) is 2.15. The summed E-state index contributed by atoms with van der Waals surface area (Å²) in [5, 5.41) is 18.4. The second kappa shape index (κ2) is 8.06. The number of nitrogens with zero attached hydrogens (tertiary/aromatic N) is 4. The molecule has 0 aliphatic heterocycles. The highest BCUT2D eigenvalue weighted by molar-refractivity contribution is 7.99. The molecular weight excluding hydrogens is 356 g/mol. The van der Waals surface area contributed by atoms with Crippen molar-refractivity contribution in [3.05, 3.63) is 64.9 Å². The SMILES string of the molecule is Cc1ccc(-n2cnnc2SCCOc2ccc(C#N)cc2)cc1Cl. The molecular formula is C18H15ClN4OS. The van der Waals surface area contributed by atoms with Gasteiger partial charge in [-0.2, -0.15) is 5.26 Å². The first-order chi connectivity index (χ1) is 12.2. The minimum absolute atomic E-state index is 0.526. The number of nitriles is 1. The van der Waals surface area contributed by atoms with Crippen molar-refractivity contribution in [3.8, 4) is 17.5 Å². The van der Waals surface area contributed by atoms with Crippen LogP contribution in [0.15, 0.2) is 53.9 Å². The normalized spacial score (nSPS) is 10.4. The quantitative estimate of drug-likeness (QED) is 0.479. The maximum absolute atomic E-state index is 8.78. The van der Waals surface area contributed by atoms with Crippen molar-refractivity contribution in [1.82, 2.24) is 14.8 Å². The zero-order chi connectivity index (χ0) is 17.6. The zero-order valence-corrected chi connectivity index (χ0v) is 15.1. The molecule has 0 spiro atoms. The standard InChI is InChI=1S/C18H15ClN4OS/c1-13-2-5-15(10-17(13)19)23-12-21-22-18(23)25-9-8-24-16-6-3-14(11-20)4-7-16/h2-7,10,12H,8-9H2,1H3. The fraction of sp³-hybridized carbons (Fsp3) is 0.167. The van der Waals surface area contributed by atoms with Crippen LogP contribution >= 0.6 is 23.4 Å². The topological polar surface area (TPSA) is 63.7 Å². The number of rotatable bonds is 6. The van der Waals surface area contributed by atoms with Gasteiger partial charge in [0.05, 0.1) is 23.9 Å². The molecule has 2 aromatic carbocycles. The Morgan fingerprint density at radius 3 is 2.76 bits per heavy atom. The van der Waals surface area contributed by atoms with Crippen LogP contribution in [0.3, 0.4) is 0 Å². The van der Waals surface area contributed by atoms with Gasteiger partial charge in [-0.15, -0.1) is 10.2 Å². The van der Waals surface area contributed by atoms with Crippen LogP contribution in [0.5, 0.6) is 5.75 Å². The monoisotopic (exact) mass is 370 g/mol. The first-order valence-electron chi connectivity index (χ1n) is 7.59. The molecule has 0 radical (unpaired) electrons. The van der Waals surface area contributed by atoms with Crippen LogP contribution in [-0.4, -0.2) is 27.1 Å². The molecule has 0 amide bonds. The van der Waals surface area contributed by atoms with E-state index in [1.165, 1.54) is 0 Å². The van der Waals surface area contributed by atoms with Gasteiger partial charge in [0.2, 0.25) is 0 Å². The second-order valence-electron chi connectivity index (χ2n) is 5.25. The third kappa shape index (κ3) is 4.32. The molecule has 126 valence electrons. The molecule has 0 N–H and O–H groups in total. The molecule has 0 atom stereocenters. The van der Waals surface area contributed by atoms with Crippen molar-refractivity contribution in [2.24, 2.45) is 0 Å². The molecule has 0 saturated carbocycles. The van der Waals surface area contributed by atoms with Crippen molar-refractivity contribution in [2.75, 3.05) is 12.4 Å². The maximum atomic E-state index is 8.78. The smallest absolute Gasteiger partial charge is 0.195 e. The number of benzene rings is 2. The van der Waals surface area contributed by atoms with Crippen molar-refractivity contribution in [3.63, 3.8) is 0 Å². The van der Waals surface area contributed by atoms with Crippen molar-refractivity contribution >= 4 is 23.4 Å². The fourth-order valence-corrected chi connectivity index (χ4v) is 3.07. The van der Waals surface area contributed by atoms with Crippen LogP contribution in [0.2, 0.25) is 5.02 Å². The van der Waals surface area contributed by atoms with Gasteiger partial charge in [-0.25, -0.2) is 0 Å². The van der Waals surface area contributed by atoms with Crippen molar-refractivity contribution in [2.45, 2.75) is 12.1 Å². The molecule has 1 aromatic heterocycles. The Balaban J connectivity index is 1.58. The van der Waals surface area contributed by atoms with Gasteiger partial charge < -0.3 is 4.74 Å². The minimum atomic E-state index is 0.526.